The van der Waals surface area contributed by atoms with Gasteiger partial charge in [-0.2, -0.15) is 0 Å². The fourth-order valence-corrected chi connectivity index (χ4v) is 2.12. The highest BCUT2D eigenvalue weighted by atomic mass is 16.5. The molecule has 0 spiro atoms. The lowest BCUT2D eigenvalue weighted by atomic mass is 9.96. The second-order valence-electron chi connectivity index (χ2n) is 4.51. The van der Waals surface area contributed by atoms with Crippen molar-refractivity contribution in [3.8, 4) is 0 Å². The molecule has 0 aromatic carbocycles. The summed E-state index contributed by atoms with van der Waals surface area (Å²) in [6, 6.07) is 1.27. The Morgan fingerprint density at radius 2 is 1.85 bits per heavy atom. The van der Waals surface area contributed by atoms with E-state index in [-0.39, 0.29) is 0 Å². The van der Waals surface area contributed by atoms with Gasteiger partial charge in [0, 0.05) is 18.6 Å². The third-order valence-electron chi connectivity index (χ3n) is 3.42. The molecule has 0 N–H and O–H groups in total. The monoisotopic (exact) mass is 185 g/mol. The molecule has 0 amide bonds. The van der Waals surface area contributed by atoms with Crippen LogP contribution < -0.4 is 0 Å². The Kier molecular flexibility index (Phi) is 3.74. The number of nitrogens with zero attached hydrogens (tertiary/aromatic N) is 1. The second kappa shape index (κ2) is 4.43. The molecule has 1 heterocycles. The Hall–Kier alpha value is -0.0800. The first-order valence-electron chi connectivity index (χ1n) is 5.41. The molecule has 0 bridgehead atoms. The largest absolute Gasteiger partial charge is 0.377 e. The number of rotatable bonds is 1. The van der Waals surface area contributed by atoms with Crippen LogP contribution in [0.1, 0.15) is 34.6 Å². The quantitative estimate of drug-likeness (QED) is 0.620. The van der Waals surface area contributed by atoms with Crippen LogP contribution in [0.4, 0.5) is 0 Å². The van der Waals surface area contributed by atoms with E-state index in [2.05, 4.69) is 39.5 Å². The molecule has 0 saturated carbocycles. The third-order valence-corrected chi connectivity index (χ3v) is 3.42. The summed E-state index contributed by atoms with van der Waals surface area (Å²) in [5, 5.41) is 0. The van der Waals surface area contributed by atoms with Crippen LogP contribution in [0.3, 0.4) is 0 Å². The molecule has 13 heavy (non-hydrogen) atoms. The second-order valence-corrected chi connectivity index (χ2v) is 4.51. The highest BCUT2D eigenvalue weighted by Gasteiger charge is 2.29. The number of ether oxygens (including phenoxy) is 1. The van der Waals surface area contributed by atoms with E-state index < -0.39 is 0 Å². The van der Waals surface area contributed by atoms with Crippen molar-refractivity contribution in [3.63, 3.8) is 0 Å². The molecule has 1 saturated heterocycles. The van der Waals surface area contributed by atoms with Crippen molar-refractivity contribution in [2.45, 2.75) is 52.8 Å². The summed E-state index contributed by atoms with van der Waals surface area (Å²) in [6.07, 6.45) is 0.402. The highest BCUT2D eigenvalue weighted by Crippen LogP contribution is 2.21. The Labute approximate surface area is 82.3 Å². The van der Waals surface area contributed by atoms with Crippen molar-refractivity contribution < 1.29 is 4.74 Å². The van der Waals surface area contributed by atoms with Crippen molar-refractivity contribution in [1.29, 1.82) is 0 Å². The molecular weight excluding hydrogens is 162 g/mol. The summed E-state index contributed by atoms with van der Waals surface area (Å²) >= 11 is 0. The van der Waals surface area contributed by atoms with Crippen LogP contribution >= 0.6 is 0 Å². The fourth-order valence-electron chi connectivity index (χ4n) is 2.12. The average Bonchev–Trinajstić information content (AvgIpc) is 2.18. The Morgan fingerprint density at radius 3 is 2.38 bits per heavy atom. The van der Waals surface area contributed by atoms with Crippen molar-refractivity contribution in [3.05, 3.63) is 0 Å². The molecule has 3 unspecified atom stereocenters. The SMILES string of the molecule is CC1OCCN(C(C)C)C(C)C1C. The Bertz CT molecular complexity index is 158. The lowest BCUT2D eigenvalue weighted by Gasteiger charge is -2.34. The van der Waals surface area contributed by atoms with Gasteiger partial charge in [-0.3, -0.25) is 4.90 Å². The molecule has 0 aliphatic carbocycles. The van der Waals surface area contributed by atoms with Gasteiger partial charge in [0.2, 0.25) is 0 Å². The molecule has 2 heteroatoms. The molecule has 1 aliphatic rings. The third kappa shape index (κ3) is 2.44. The first-order valence-corrected chi connectivity index (χ1v) is 5.41. The van der Waals surface area contributed by atoms with Crippen LogP contribution in [0.15, 0.2) is 0 Å². The van der Waals surface area contributed by atoms with Gasteiger partial charge in [-0.1, -0.05) is 6.92 Å². The molecule has 1 rings (SSSR count). The summed E-state index contributed by atoms with van der Waals surface area (Å²) in [5.74, 6) is 0.630. The fraction of sp³-hybridized carbons (Fsp3) is 1.00. The number of hydrogen-bond acceptors (Lipinski definition) is 2. The van der Waals surface area contributed by atoms with Gasteiger partial charge in [-0.05, 0) is 33.6 Å². The highest BCUT2D eigenvalue weighted by molar-refractivity contribution is 4.81. The smallest absolute Gasteiger partial charge is 0.0597 e. The van der Waals surface area contributed by atoms with Crippen LogP contribution in [-0.4, -0.2) is 36.2 Å². The molecule has 1 fully saturated rings. The van der Waals surface area contributed by atoms with Gasteiger partial charge in [0.15, 0.2) is 0 Å². The van der Waals surface area contributed by atoms with Crippen molar-refractivity contribution in [2.75, 3.05) is 13.2 Å². The van der Waals surface area contributed by atoms with E-state index in [4.69, 9.17) is 4.74 Å². The molecule has 2 nitrogen and oxygen atoms in total. The summed E-state index contributed by atoms with van der Waals surface area (Å²) in [6.45, 7) is 13.3. The zero-order valence-corrected chi connectivity index (χ0v) is 9.58. The van der Waals surface area contributed by atoms with Crippen LogP contribution in [0, 0.1) is 5.92 Å². The number of hydrogen-bond donors (Lipinski definition) is 0. The summed E-state index contributed by atoms with van der Waals surface area (Å²) in [7, 11) is 0. The average molecular weight is 185 g/mol. The first-order chi connectivity index (χ1) is 6.04. The van der Waals surface area contributed by atoms with Gasteiger partial charge in [0.1, 0.15) is 0 Å². The van der Waals surface area contributed by atoms with Crippen LogP contribution in [-0.2, 0) is 4.74 Å². The maximum atomic E-state index is 5.72. The van der Waals surface area contributed by atoms with Crippen LogP contribution in [0.25, 0.3) is 0 Å². The van der Waals surface area contributed by atoms with E-state index in [0.29, 0.717) is 24.1 Å². The molecule has 0 aromatic rings. The molecule has 1 aliphatic heterocycles. The van der Waals surface area contributed by atoms with Gasteiger partial charge >= 0.3 is 0 Å². The topological polar surface area (TPSA) is 12.5 Å². The maximum absolute atomic E-state index is 5.72. The van der Waals surface area contributed by atoms with Gasteiger partial charge in [-0.15, -0.1) is 0 Å². The van der Waals surface area contributed by atoms with E-state index in [1.54, 1.807) is 0 Å². The van der Waals surface area contributed by atoms with E-state index in [9.17, 15) is 0 Å². The summed E-state index contributed by atoms with van der Waals surface area (Å²) in [4.78, 5) is 2.54. The lowest BCUT2D eigenvalue weighted by Crippen LogP contribution is -2.43. The molecular formula is C11H23NO. The molecule has 0 aromatic heterocycles. The summed E-state index contributed by atoms with van der Waals surface area (Å²) in [5.41, 5.74) is 0. The lowest BCUT2D eigenvalue weighted by molar-refractivity contribution is 0.0449. The first kappa shape index (κ1) is 11.0. The van der Waals surface area contributed by atoms with Gasteiger partial charge < -0.3 is 4.74 Å². The van der Waals surface area contributed by atoms with E-state index in [1.807, 2.05) is 0 Å². The molecule has 78 valence electrons. The normalized spacial score (nSPS) is 37.8. The standard InChI is InChI=1S/C11H23NO/c1-8(2)12-6-7-13-11(5)9(3)10(12)4/h8-11H,6-7H2,1-5H3. The minimum atomic E-state index is 0.402. The van der Waals surface area contributed by atoms with Crippen molar-refractivity contribution in [1.82, 2.24) is 4.90 Å². The molecule has 0 radical (unpaired) electrons. The summed E-state index contributed by atoms with van der Waals surface area (Å²) < 4.78 is 5.72. The van der Waals surface area contributed by atoms with Crippen molar-refractivity contribution >= 4 is 0 Å². The Balaban J connectivity index is 2.66. The van der Waals surface area contributed by atoms with Crippen LogP contribution in [0.5, 0.6) is 0 Å². The van der Waals surface area contributed by atoms with Gasteiger partial charge in [0.25, 0.3) is 0 Å². The zero-order valence-electron chi connectivity index (χ0n) is 9.58. The molecule has 3 atom stereocenters. The van der Waals surface area contributed by atoms with E-state index in [1.165, 1.54) is 0 Å². The van der Waals surface area contributed by atoms with E-state index in [0.717, 1.165) is 13.2 Å². The van der Waals surface area contributed by atoms with E-state index >= 15 is 0 Å². The minimum Gasteiger partial charge on any atom is -0.377 e. The van der Waals surface area contributed by atoms with Crippen LogP contribution in [0.2, 0.25) is 0 Å². The predicted octanol–water partition coefficient (Wildman–Crippen LogP) is 2.14. The minimum absolute atomic E-state index is 0.402. The maximum Gasteiger partial charge on any atom is 0.0597 e. The van der Waals surface area contributed by atoms with Gasteiger partial charge in [0.05, 0.1) is 12.7 Å². The van der Waals surface area contributed by atoms with Crippen molar-refractivity contribution in [2.24, 2.45) is 5.92 Å². The van der Waals surface area contributed by atoms with Gasteiger partial charge in [-0.25, -0.2) is 0 Å². The zero-order chi connectivity index (χ0) is 10.0. The predicted molar refractivity (Wildman–Crippen MR) is 55.9 cm³/mol. The Morgan fingerprint density at radius 1 is 1.23 bits per heavy atom.